The Morgan fingerprint density at radius 1 is 0.900 bits per heavy atom. The molecule has 20 heavy (non-hydrogen) atoms. The Morgan fingerprint density at radius 3 is 1.50 bits per heavy atom. The van der Waals surface area contributed by atoms with Gasteiger partial charge >= 0.3 is 0 Å². The van der Waals surface area contributed by atoms with E-state index in [1.807, 2.05) is 35.9 Å². The second kappa shape index (κ2) is 8.74. The summed E-state index contributed by atoms with van der Waals surface area (Å²) in [6, 6.07) is 0. The van der Waals surface area contributed by atoms with Crippen molar-refractivity contribution < 1.29 is 0 Å². The van der Waals surface area contributed by atoms with Crippen molar-refractivity contribution in [2.45, 2.75) is 67.4 Å². The Balaban J connectivity index is 0. The van der Waals surface area contributed by atoms with Crippen LogP contribution in [0.2, 0.25) is 0 Å². The average Bonchev–Trinajstić information content (AvgIpc) is 2.12. The first-order chi connectivity index (χ1) is 8.12. The molecule has 0 aliphatic rings. The van der Waals surface area contributed by atoms with Gasteiger partial charge in [0.2, 0.25) is 0 Å². The van der Waals surface area contributed by atoms with Gasteiger partial charge in [-0.3, -0.25) is 4.98 Å². The highest BCUT2D eigenvalue weighted by Gasteiger charge is 2.20. The van der Waals surface area contributed by atoms with Gasteiger partial charge in [-0.2, -0.15) is 0 Å². The second-order valence-corrected chi connectivity index (χ2v) is 9.98. The quantitative estimate of drug-likeness (QED) is 0.758. The van der Waals surface area contributed by atoms with Gasteiger partial charge in [-0.1, -0.05) is 41.5 Å². The SMILES string of the molecule is CC(C)(C)Sc1cncc(SC(C)(C)C)c1CN.Cl.Cl. The van der Waals surface area contributed by atoms with Crippen LogP contribution >= 0.6 is 48.3 Å². The molecule has 2 nitrogen and oxygen atoms in total. The highest BCUT2D eigenvalue weighted by molar-refractivity contribution is 8.01. The number of aromatic nitrogens is 1. The number of pyridine rings is 1. The van der Waals surface area contributed by atoms with Crippen LogP contribution in [-0.4, -0.2) is 14.5 Å². The third kappa shape index (κ3) is 7.99. The van der Waals surface area contributed by atoms with Gasteiger partial charge in [0, 0.05) is 38.2 Å². The predicted molar refractivity (Wildman–Crippen MR) is 97.8 cm³/mol. The summed E-state index contributed by atoms with van der Waals surface area (Å²) < 4.78 is 0.354. The smallest absolute Gasteiger partial charge is 0.0408 e. The molecule has 0 fully saturated rings. The number of nitrogens with two attached hydrogens (primary N) is 1. The van der Waals surface area contributed by atoms with E-state index in [0.717, 1.165) is 0 Å². The standard InChI is InChI=1S/C14H24N2S2.2ClH/c1-13(2,3)17-11-8-16-9-12(10(11)7-15)18-14(4,5)6;;/h8-9H,7,15H2,1-6H3;2*1H. The third-order valence-electron chi connectivity index (χ3n) is 2.01. The van der Waals surface area contributed by atoms with Crippen LogP contribution in [-0.2, 0) is 6.54 Å². The van der Waals surface area contributed by atoms with Gasteiger partial charge in [0.1, 0.15) is 0 Å². The zero-order valence-electron chi connectivity index (χ0n) is 13.0. The number of thioether (sulfide) groups is 2. The summed E-state index contributed by atoms with van der Waals surface area (Å²) in [6.07, 6.45) is 3.87. The lowest BCUT2D eigenvalue weighted by atomic mass is 10.2. The van der Waals surface area contributed by atoms with Crippen LogP contribution in [0.25, 0.3) is 0 Å². The van der Waals surface area contributed by atoms with Gasteiger partial charge < -0.3 is 5.73 Å². The minimum Gasteiger partial charge on any atom is -0.326 e. The van der Waals surface area contributed by atoms with Crippen LogP contribution in [0.5, 0.6) is 0 Å². The molecule has 1 aromatic rings. The van der Waals surface area contributed by atoms with Crippen LogP contribution in [0.1, 0.15) is 47.1 Å². The summed E-state index contributed by atoms with van der Waals surface area (Å²) >= 11 is 3.67. The van der Waals surface area contributed by atoms with Gasteiger partial charge in [-0.15, -0.1) is 48.3 Å². The first kappa shape index (κ1) is 22.7. The van der Waals surface area contributed by atoms with E-state index in [9.17, 15) is 0 Å². The fourth-order valence-corrected chi connectivity index (χ4v) is 3.73. The van der Waals surface area contributed by atoms with Crippen molar-refractivity contribution in [1.82, 2.24) is 4.98 Å². The van der Waals surface area contributed by atoms with Crippen LogP contribution in [0.15, 0.2) is 22.2 Å². The van der Waals surface area contributed by atoms with Crippen LogP contribution in [0.4, 0.5) is 0 Å². The Morgan fingerprint density at radius 2 is 1.25 bits per heavy atom. The fourth-order valence-electron chi connectivity index (χ4n) is 1.49. The summed E-state index contributed by atoms with van der Waals surface area (Å²) in [7, 11) is 0. The third-order valence-corrected chi connectivity index (χ3v) is 4.38. The van der Waals surface area contributed by atoms with Crippen molar-refractivity contribution in [2.75, 3.05) is 0 Å². The van der Waals surface area contributed by atoms with Gasteiger partial charge in [-0.05, 0) is 5.56 Å². The molecule has 0 bridgehead atoms. The minimum absolute atomic E-state index is 0. The van der Waals surface area contributed by atoms with E-state index in [4.69, 9.17) is 5.73 Å². The molecule has 0 saturated carbocycles. The topological polar surface area (TPSA) is 38.9 Å². The molecule has 0 aliphatic heterocycles. The monoisotopic (exact) mass is 356 g/mol. The molecule has 0 aliphatic carbocycles. The van der Waals surface area contributed by atoms with Crippen molar-refractivity contribution in [1.29, 1.82) is 0 Å². The fraction of sp³-hybridized carbons (Fsp3) is 0.643. The molecule has 118 valence electrons. The van der Waals surface area contributed by atoms with Crippen molar-refractivity contribution >= 4 is 48.3 Å². The zero-order valence-corrected chi connectivity index (χ0v) is 16.3. The van der Waals surface area contributed by atoms with E-state index < -0.39 is 0 Å². The first-order valence-corrected chi connectivity index (χ1v) is 7.81. The predicted octanol–water partition coefficient (Wildman–Crippen LogP) is 5.17. The lowest BCUT2D eigenvalue weighted by molar-refractivity contribution is 0.793. The van der Waals surface area contributed by atoms with E-state index in [1.54, 1.807) is 0 Å². The molecule has 0 saturated heterocycles. The summed E-state index contributed by atoms with van der Waals surface area (Å²) in [5.41, 5.74) is 7.16. The number of rotatable bonds is 3. The van der Waals surface area contributed by atoms with E-state index in [1.165, 1.54) is 15.4 Å². The van der Waals surface area contributed by atoms with Gasteiger partial charge in [0.15, 0.2) is 0 Å². The van der Waals surface area contributed by atoms with Gasteiger partial charge in [0.05, 0.1) is 0 Å². The molecular weight excluding hydrogens is 331 g/mol. The zero-order chi connectivity index (χ0) is 14.0. The van der Waals surface area contributed by atoms with Crippen molar-refractivity contribution in [2.24, 2.45) is 5.73 Å². The van der Waals surface area contributed by atoms with E-state index >= 15 is 0 Å². The summed E-state index contributed by atoms with van der Waals surface area (Å²) in [5.74, 6) is 0. The molecule has 0 radical (unpaired) electrons. The molecule has 0 spiro atoms. The molecular formula is C14H26Cl2N2S2. The van der Waals surface area contributed by atoms with Crippen molar-refractivity contribution in [3.63, 3.8) is 0 Å². The number of nitrogens with zero attached hydrogens (tertiary/aromatic N) is 1. The minimum atomic E-state index is 0. The number of hydrogen-bond donors (Lipinski definition) is 1. The second-order valence-electron chi connectivity index (χ2n) is 6.25. The Labute approximate surface area is 144 Å². The Hall–Kier alpha value is 0.390. The highest BCUT2D eigenvalue weighted by Crippen LogP contribution is 2.40. The molecule has 1 heterocycles. The maximum Gasteiger partial charge on any atom is 0.0408 e. The van der Waals surface area contributed by atoms with Crippen molar-refractivity contribution in [3.8, 4) is 0 Å². The Kier molecular flexibility index (Phi) is 9.91. The van der Waals surface area contributed by atoms with Crippen LogP contribution < -0.4 is 5.73 Å². The summed E-state index contributed by atoms with van der Waals surface area (Å²) in [5, 5.41) is 0. The molecule has 0 aromatic carbocycles. The average molecular weight is 357 g/mol. The van der Waals surface area contributed by atoms with E-state index in [2.05, 4.69) is 46.5 Å². The van der Waals surface area contributed by atoms with Crippen LogP contribution in [0, 0.1) is 0 Å². The van der Waals surface area contributed by atoms with E-state index in [0.29, 0.717) is 6.54 Å². The maximum absolute atomic E-state index is 5.93. The lowest BCUT2D eigenvalue weighted by Crippen LogP contribution is -2.12. The summed E-state index contributed by atoms with van der Waals surface area (Å²) in [6.45, 7) is 13.8. The largest absolute Gasteiger partial charge is 0.326 e. The lowest BCUT2D eigenvalue weighted by Gasteiger charge is -2.23. The summed E-state index contributed by atoms with van der Waals surface area (Å²) in [4.78, 5) is 6.78. The normalized spacial score (nSPS) is 11.6. The molecule has 0 atom stereocenters. The molecule has 6 heteroatoms. The number of hydrogen-bond acceptors (Lipinski definition) is 4. The number of halogens is 2. The van der Waals surface area contributed by atoms with E-state index in [-0.39, 0.29) is 34.3 Å². The first-order valence-electron chi connectivity index (χ1n) is 6.17. The van der Waals surface area contributed by atoms with Crippen LogP contribution in [0.3, 0.4) is 0 Å². The molecule has 0 amide bonds. The molecule has 2 N–H and O–H groups in total. The van der Waals surface area contributed by atoms with Gasteiger partial charge in [0.25, 0.3) is 0 Å². The maximum atomic E-state index is 5.93. The highest BCUT2D eigenvalue weighted by atomic mass is 35.5. The molecule has 0 unspecified atom stereocenters. The Bertz CT molecular complexity index is 378. The van der Waals surface area contributed by atoms with Crippen molar-refractivity contribution in [3.05, 3.63) is 18.0 Å². The molecule has 1 rings (SSSR count). The molecule has 1 aromatic heterocycles. The van der Waals surface area contributed by atoms with Gasteiger partial charge in [-0.25, -0.2) is 0 Å².